The summed E-state index contributed by atoms with van der Waals surface area (Å²) in [5.74, 6) is -0.269. The first-order valence-electron chi connectivity index (χ1n) is 3.90. The van der Waals surface area contributed by atoms with Crippen LogP contribution in [-0.4, -0.2) is 14.2 Å². The van der Waals surface area contributed by atoms with Crippen LogP contribution in [0, 0.1) is 0 Å². The van der Waals surface area contributed by atoms with Crippen LogP contribution in [0.15, 0.2) is 24.3 Å². The van der Waals surface area contributed by atoms with Gasteiger partial charge in [0.25, 0.3) is 0 Å². The van der Waals surface area contributed by atoms with Gasteiger partial charge in [0.05, 0.1) is 5.75 Å². The van der Waals surface area contributed by atoms with E-state index in [1.165, 1.54) is 0 Å². The van der Waals surface area contributed by atoms with Crippen molar-refractivity contribution in [1.29, 1.82) is 0 Å². The zero-order valence-electron chi connectivity index (χ0n) is 7.35. The van der Waals surface area contributed by atoms with E-state index in [9.17, 15) is 8.42 Å². The minimum atomic E-state index is -3.54. The van der Waals surface area contributed by atoms with E-state index in [1.807, 2.05) is 0 Å². The molecule has 78 valence electrons. The summed E-state index contributed by atoms with van der Waals surface area (Å²) in [6.45, 7) is 0. The van der Waals surface area contributed by atoms with Gasteiger partial charge in [-0.1, -0.05) is 23.7 Å². The molecule has 0 heterocycles. The number of sulfonamides is 1. The van der Waals surface area contributed by atoms with Crippen molar-refractivity contribution in [2.24, 2.45) is 10.9 Å². The fraction of sp³-hybridized carbons (Fsp3) is 0.250. The second-order valence-corrected chi connectivity index (χ2v) is 5.08. The lowest BCUT2D eigenvalue weighted by Crippen LogP contribution is -2.26. The lowest BCUT2D eigenvalue weighted by molar-refractivity contribution is 0.590. The highest BCUT2D eigenvalue weighted by Gasteiger charge is 2.12. The Labute approximate surface area is 87.9 Å². The van der Waals surface area contributed by atoms with Gasteiger partial charge in [-0.2, -0.15) is 0 Å². The largest absolute Gasteiger partial charge is 0.323 e. The van der Waals surface area contributed by atoms with Crippen LogP contribution >= 0.6 is 11.6 Å². The number of rotatable bonds is 3. The Morgan fingerprint density at radius 2 is 1.79 bits per heavy atom. The first-order chi connectivity index (χ1) is 6.38. The molecule has 0 bridgehead atoms. The second-order valence-electron chi connectivity index (χ2n) is 2.99. The Hall–Kier alpha value is -0.620. The Morgan fingerprint density at radius 1 is 1.29 bits per heavy atom. The molecule has 0 fully saturated rings. The molecule has 0 aliphatic rings. The predicted octanol–water partition coefficient (Wildman–Crippen LogP) is 0.628. The van der Waals surface area contributed by atoms with Crippen LogP contribution in [0.5, 0.6) is 0 Å². The molecular formula is C8H11ClN2O2S. The molecule has 1 aromatic carbocycles. The van der Waals surface area contributed by atoms with E-state index in [4.69, 9.17) is 22.5 Å². The summed E-state index contributed by atoms with van der Waals surface area (Å²) >= 11 is 5.67. The maximum atomic E-state index is 10.8. The van der Waals surface area contributed by atoms with E-state index in [1.54, 1.807) is 24.3 Å². The van der Waals surface area contributed by atoms with Gasteiger partial charge >= 0.3 is 0 Å². The van der Waals surface area contributed by atoms with Gasteiger partial charge in [0.15, 0.2) is 0 Å². The molecule has 0 aliphatic heterocycles. The summed E-state index contributed by atoms with van der Waals surface area (Å²) in [6, 6.07) is 6.05. The SMILES string of the molecule is NC(CS(N)(=O)=O)c1ccc(Cl)cc1. The standard InChI is InChI=1S/C8H11ClN2O2S/c9-7-3-1-6(2-4-7)8(10)5-14(11,12)13/h1-4,8H,5,10H2,(H2,11,12,13). The lowest BCUT2D eigenvalue weighted by atomic mass is 10.1. The topological polar surface area (TPSA) is 86.2 Å². The predicted molar refractivity (Wildman–Crippen MR) is 56.4 cm³/mol. The van der Waals surface area contributed by atoms with E-state index in [0.717, 1.165) is 0 Å². The summed E-state index contributed by atoms with van der Waals surface area (Å²) in [5.41, 5.74) is 6.33. The maximum absolute atomic E-state index is 10.8. The molecule has 6 heteroatoms. The lowest BCUT2D eigenvalue weighted by Gasteiger charge is -2.09. The summed E-state index contributed by atoms with van der Waals surface area (Å²) in [5, 5.41) is 5.45. The zero-order valence-corrected chi connectivity index (χ0v) is 8.92. The number of nitrogens with two attached hydrogens (primary N) is 2. The second kappa shape index (κ2) is 4.27. The number of benzene rings is 1. The monoisotopic (exact) mass is 234 g/mol. The fourth-order valence-corrected chi connectivity index (χ4v) is 1.88. The maximum Gasteiger partial charge on any atom is 0.210 e. The first-order valence-corrected chi connectivity index (χ1v) is 5.99. The van der Waals surface area contributed by atoms with Gasteiger partial charge in [0.1, 0.15) is 0 Å². The molecular weight excluding hydrogens is 224 g/mol. The Balaban J connectivity index is 2.80. The Kier molecular flexibility index (Phi) is 3.49. The van der Waals surface area contributed by atoms with Crippen LogP contribution in [0.2, 0.25) is 5.02 Å². The quantitative estimate of drug-likeness (QED) is 0.804. The fourth-order valence-electron chi connectivity index (χ4n) is 1.06. The third-order valence-corrected chi connectivity index (χ3v) is 2.79. The molecule has 0 saturated heterocycles. The van der Waals surface area contributed by atoms with Crippen molar-refractivity contribution in [1.82, 2.24) is 0 Å². The van der Waals surface area contributed by atoms with Crippen molar-refractivity contribution in [3.63, 3.8) is 0 Å². The van der Waals surface area contributed by atoms with E-state index >= 15 is 0 Å². The van der Waals surface area contributed by atoms with Crippen molar-refractivity contribution in [2.45, 2.75) is 6.04 Å². The van der Waals surface area contributed by atoms with Crippen LogP contribution < -0.4 is 10.9 Å². The van der Waals surface area contributed by atoms with Crippen molar-refractivity contribution < 1.29 is 8.42 Å². The third kappa shape index (κ3) is 3.63. The van der Waals surface area contributed by atoms with Crippen molar-refractivity contribution in [3.05, 3.63) is 34.9 Å². The molecule has 0 saturated carbocycles. The molecule has 0 radical (unpaired) electrons. The number of primary sulfonamides is 1. The van der Waals surface area contributed by atoms with Gasteiger partial charge in [0.2, 0.25) is 10.0 Å². The summed E-state index contributed by atoms with van der Waals surface area (Å²) in [6.07, 6.45) is 0. The minimum Gasteiger partial charge on any atom is -0.323 e. The van der Waals surface area contributed by atoms with Gasteiger partial charge in [-0.25, -0.2) is 13.6 Å². The molecule has 1 atom stereocenters. The Morgan fingerprint density at radius 3 is 2.21 bits per heavy atom. The highest BCUT2D eigenvalue weighted by Crippen LogP contribution is 2.15. The summed E-state index contributed by atoms with van der Waals surface area (Å²) in [7, 11) is -3.54. The molecule has 1 rings (SSSR count). The molecule has 0 aliphatic carbocycles. The van der Waals surface area contributed by atoms with Gasteiger partial charge in [-0.15, -0.1) is 0 Å². The van der Waals surface area contributed by atoms with Crippen molar-refractivity contribution >= 4 is 21.6 Å². The van der Waals surface area contributed by atoms with E-state index in [-0.39, 0.29) is 5.75 Å². The number of hydrogen-bond acceptors (Lipinski definition) is 3. The van der Waals surface area contributed by atoms with Crippen molar-refractivity contribution in [2.75, 3.05) is 5.75 Å². The molecule has 14 heavy (non-hydrogen) atoms. The average Bonchev–Trinajstić information content (AvgIpc) is 2.02. The number of hydrogen-bond donors (Lipinski definition) is 2. The smallest absolute Gasteiger partial charge is 0.210 e. The van der Waals surface area contributed by atoms with Gasteiger partial charge in [-0.05, 0) is 17.7 Å². The number of halogens is 1. The Bertz CT molecular complexity index is 402. The molecule has 4 N–H and O–H groups in total. The minimum absolute atomic E-state index is 0.269. The highest BCUT2D eigenvalue weighted by atomic mass is 35.5. The normalized spacial score (nSPS) is 13.9. The van der Waals surface area contributed by atoms with Crippen LogP contribution in [-0.2, 0) is 10.0 Å². The molecule has 0 spiro atoms. The van der Waals surface area contributed by atoms with E-state index < -0.39 is 16.1 Å². The zero-order chi connectivity index (χ0) is 10.8. The van der Waals surface area contributed by atoms with Gasteiger partial charge in [0, 0.05) is 11.1 Å². The molecule has 0 aromatic heterocycles. The molecule has 0 amide bonds. The molecule has 4 nitrogen and oxygen atoms in total. The molecule has 1 unspecified atom stereocenters. The van der Waals surface area contributed by atoms with Gasteiger partial charge < -0.3 is 5.73 Å². The summed E-state index contributed by atoms with van der Waals surface area (Å²) in [4.78, 5) is 0. The van der Waals surface area contributed by atoms with Crippen LogP contribution in [0.4, 0.5) is 0 Å². The van der Waals surface area contributed by atoms with Crippen molar-refractivity contribution in [3.8, 4) is 0 Å². The molecule has 1 aromatic rings. The van der Waals surface area contributed by atoms with Crippen LogP contribution in [0.3, 0.4) is 0 Å². The van der Waals surface area contributed by atoms with Crippen LogP contribution in [0.25, 0.3) is 0 Å². The van der Waals surface area contributed by atoms with E-state index in [2.05, 4.69) is 0 Å². The highest BCUT2D eigenvalue weighted by molar-refractivity contribution is 7.89. The van der Waals surface area contributed by atoms with Gasteiger partial charge in [-0.3, -0.25) is 0 Å². The average molecular weight is 235 g/mol. The summed E-state index contributed by atoms with van der Waals surface area (Å²) < 4.78 is 21.5. The third-order valence-electron chi connectivity index (χ3n) is 1.71. The van der Waals surface area contributed by atoms with Crippen LogP contribution in [0.1, 0.15) is 11.6 Å². The first kappa shape index (κ1) is 11.5. The van der Waals surface area contributed by atoms with E-state index in [0.29, 0.717) is 10.6 Å².